The summed E-state index contributed by atoms with van der Waals surface area (Å²) in [5, 5.41) is 1.35. The first-order valence-electron chi connectivity index (χ1n) is 6.12. The van der Waals surface area contributed by atoms with Gasteiger partial charge in [-0.2, -0.15) is 0 Å². The van der Waals surface area contributed by atoms with E-state index in [1.54, 1.807) is 12.1 Å². The van der Waals surface area contributed by atoms with Crippen molar-refractivity contribution in [2.45, 2.75) is 25.8 Å². The van der Waals surface area contributed by atoms with Crippen LogP contribution in [0.1, 0.15) is 28.3 Å². The van der Waals surface area contributed by atoms with E-state index < -0.39 is 0 Å². The molecule has 0 fully saturated rings. The maximum Gasteiger partial charge on any atom is 0.0523 e. The highest BCUT2D eigenvalue weighted by Gasteiger charge is 2.15. The minimum absolute atomic E-state index is 0.0328. The van der Waals surface area contributed by atoms with Crippen molar-refractivity contribution in [1.29, 1.82) is 0 Å². The Morgan fingerprint density at radius 2 is 1.95 bits per heavy atom. The zero-order valence-electron chi connectivity index (χ0n) is 10.6. The Morgan fingerprint density at radius 1 is 1.21 bits per heavy atom. The van der Waals surface area contributed by atoms with Gasteiger partial charge in [-0.05, 0) is 42.3 Å². The lowest BCUT2D eigenvalue weighted by Crippen LogP contribution is -2.29. The van der Waals surface area contributed by atoms with Gasteiger partial charge in [-0.3, -0.25) is 11.3 Å². The number of nitrogens with two attached hydrogens (primary N) is 1. The van der Waals surface area contributed by atoms with Gasteiger partial charge in [0.25, 0.3) is 0 Å². The highest BCUT2D eigenvalue weighted by Crippen LogP contribution is 2.30. The Hall–Kier alpha value is -0.580. The number of rotatable bonds is 5. The fourth-order valence-electron chi connectivity index (χ4n) is 1.96. The minimum atomic E-state index is -0.0328. The molecule has 1 atom stereocenters. The lowest BCUT2D eigenvalue weighted by molar-refractivity contribution is 0.556. The van der Waals surface area contributed by atoms with Crippen molar-refractivity contribution < 1.29 is 0 Å². The van der Waals surface area contributed by atoms with Crippen molar-refractivity contribution in [2.24, 2.45) is 5.84 Å². The Balaban J connectivity index is 2.22. The van der Waals surface area contributed by atoms with Crippen molar-refractivity contribution >= 4 is 34.5 Å². The second-order valence-electron chi connectivity index (χ2n) is 4.31. The Morgan fingerprint density at radius 3 is 2.58 bits per heavy atom. The van der Waals surface area contributed by atoms with Crippen LogP contribution in [-0.2, 0) is 12.8 Å². The summed E-state index contributed by atoms with van der Waals surface area (Å²) in [5.74, 6) is 5.66. The van der Waals surface area contributed by atoms with Crippen LogP contribution in [0, 0.1) is 0 Å². The number of hydrogen-bond donors (Lipinski definition) is 2. The number of aryl methyl sites for hydroxylation is 1. The van der Waals surface area contributed by atoms with E-state index in [0.29, 0.717) is 10.0 Å². The van der Waals surface area contributed by atoms with Crippen molar-refractivity contribution in [2.75, 3.05) is 0 Å². The molecule has 1 aromatic heterocycles. The molecule has 1 aromatic carbocycles. The number of thiophene rings is 1. The Labute approximate surface area is 127 Å². The van der Waals surface area contributed by atoms with E-state index in [1.807, 2.05) is 17.4 Å². The third kappa shape index (κ3) is 3.71. The topological polar surface area (TPSA) is 38.0 Å². The predicted octanol–water partition coefficient (Wildman–Crippen LogP) is 4.36. The van der Waals surface area contributed by atoms with Gasteiger partial charge >= 0.3 is 0 Å². The van der Waals surface area contributed by atoms with Crippen molar-refractivity contribution in [3.63, 3.8) is 0 Å². The standard InChI is InChI=1S/C14H16Cl2N2S/c1-2-10-4-5-11(19-10)8-14(18-17)12-7-9(15)3-6-13(12)16/h3-7,14,18H,2,8,17H2,1H3. The molecule has 0 bridgehead atoms. The molecule has 0 radical (unpaired) electrons. The predicted molar refractivity (Wildman–Crippen MR) is 83.9 cm³/mol. The highest BCUT2D eigenvalue weighted by atomic mass is 35.5. The molecule has 5 heteroatoms. The zero-order valence-corrected chi connectivity index (χ0v) is 12.9. The van der Waals surface area contributed by atoms with Crippen LogP contribution in [-0.4, -0.2) is 0 Å². The molecule has 0 spiro atoms. The molecular weight excluding hydrogens is 299 g/mol. The van der Waals surface area contributed by atoms with Crippen molar-refractivity contribution in [3.05, 3.63) is 55.7 Å². The molecule has 0 saturated heterocycles. The third-order valence-corrected chi connectivity index (χ3v) is 4.84. The molecule has 19 heavy (non-hydrogen) atoms. The molecule has 0 aliphatic carbocycles. The Kier molecular flexibility index (Phi) is 5.25. The summed E-state index contributed by atoms with van der Waals surface area (Å²) < 4.78 is 0. The van der Waals surface area contributed by atoms with Crippen molar-refractivity contribution in [3.8, 4) is 0 Å². The van der Waals surface area contributed by atoms with Crippen LogP contribution in [0.3, 0.4) is 0 Å². The van der Waals surface area contributed by atoms with Gasteiger partial charge in [-0.25, -0.2) is 0 Å². The molecule has 3 N–H and O–H groups in total. The lowest BCUT2D eigenvalue weighted by Gasteiger charge is -2.17. The number of nitrogens with one attached hydrogen (secondary N) is 1. The average molecular weight is 315 g/mol. The van der Waals surface area contributed by atoms with Gasteiger partial charge in [0.2, 0.25) is 0 Å². The van der Waals surface area contributed by atoms with Crippen LogP contribution in [0.4, 0.5) is 0 Å². The Bertz CT molecular complexity index is 554. The molecule has 0 saturated carbocycles. The fourth-order valence-corrected chi connectivity index (χ4v) is 3.40. The molecule has 1 unspecified atom stereocenters. The molecular formula is C14H16Cl2N2S. The molecule has 2 nitrogen and oxygen atoms in total. The van der Waals surface area contributed by atoms with Gasteiger partial charge in [-0.1, -0.05) is 30.1 Å². The summed E-state index contributed by atoms with van der Waals surface area (Å²) in [6, 6.07) is 9.72. The first-order valence-corrected chi connectivity index (χ1v) is 7.70. The molecule has 0 aliphatic heterocycles. The minimum Gasteiger partial charge on any atom is -0.271 e. The molecule has 2 rings (SSSR count). The van der Waals surface area contributed by atoms with Gasteiger partial charge in [0, 0.05) is 26.2 Å². The normalized spacial score (nSPS) is 12.6. The van der Waals surface area contributed by atoms with Crippen LogP contribution >= 0.6 is 34.5 Å². The van der Waals surface area contributed by atoms with Crippen LogP contribution in [0.5, 0.6) is 0 Å². The average Bonchev–Trinajstić information content (AvgIpc) is 2.87. The number of hydrogen-bond acceptors (Lipinski definition) is 3. The van der Waals surface area contributed by atoms with E-state index in [9.17, 15) is 0 Å². The maximum atomic E-state index is 6.22. The van der Waals surface area contributed by atoms with Crippen LogP contribution in [0.15, 0.2) is 30.3 Å². The molecule has 102 valence electrons. The van der Waals surface area contributed by atoms with E-state index in [-0.39, 0.29) is 6.04 Å². The van der Waals surface area contributed by atoms with E-state index in [0.717, 1.165) is 18.4 Å². The molecule has 1 heterocycles. The van der Waals surface area contributed by atoms with Crippen LogP contribution < -0.4 is 11.3 Å². The van der Waals surface area contributed by atoms with Gasteiger partial charge < -0.3 is 0 Å². The SMILES string of the molecule is CCc1ccc(CC(NN)c2cc(Cl)ccc2Cl)s1. The number of halogens is 2. The van der Waals surface area contributed by atoms with E-state index in [1.165, 1.54) is 9.75 Å². The van der Waals surface area contributed by atoms with Crippen LogP contribution in [0.25, 0.3) is 0 Å². The van der Waals surface area contributed by atoms with E-state index in [2.05, 4.69) is 24.5 Å². The summed E-state index contributed by atoms with van der Waals surface area (Å²) >= 11 is 14.1. The monoisotopic (exact) mass is 314 g/mol. The first-order chi connectivity index (χ1) is 9.13. The summed E-state index contributed by atoms with van der Waals surface area (Å²) in [6.07, 6.45) is 1.87. The first kappa shape index (κ1) is 14.8. The molecule has 0 amide bonds. The van der Waals surface area contributed by atoms with Gasteiger partial charge in [-0.15, -0.1) is 11.3 Å². The van der Waals surface area contributed by atoms with Crippen LogP contribution in [0.2, 0.25) is 10.0 Å². The highest BCUT2D eigenvalue weighted by molar-refractivity contribution is 7.11. The molecule has 0 aliphatic rings. The largest absolute Gasteiger partial charge is 0.271 e. The smallest absolute Gasteiger partial charge is 0.0523 e. The second-order valence-corrected chi connectivity index (χ2v) is 6.41. The quantitative estimate of drug-likeness (QED) is 0.635. The van der Waals surface area contributed by atoms with E-state index in [4.69, 9.17) is 29.0 Å². The maximum absolute atomic E-state index is 6.22. The summed E-state index contributed by atoms with van der Waals surface area (Å²) in [4.78, 5) is 2.67. The van der Waals surface area contributed by atoms with E-state index >= 15 is 0 Å². The summed E-state index contributed by atoms with van der Waals surface area (Å²) in [6.45, 7) is 2.15. The van der Waals surface area contributed by atoms with Gasteiger partial charge in [0.05, 0.1) is 6.04 Å². The van der Waals surface area contributed by atoms with Crippen molar-refractivity contribution in [1.82, 2.24) is 5.43 Å². The molecule has 2 aromatic rings. The van der Waals surface area contributed by atoms with Gasteiger partial charge in [0.1, 0.15) is 0 Å². The second kappa shape index (κ2) is 6.73. The summed E-state index contributed by atoms with van der Waals surface area (Å²) in [7, 11) is 0. The fraction of sp³-hybridized carbons (Fsp3) is 0.286. The summed E-state index contributed by atoms with van der Waals surface area (Å²) in [5.41, 5.74) is 3.76. The zero-order chi connectivity index (χ0) is 13.8. The number of hydrazine groups is 1. The number of benzene rings is 1. The van der Waals surface area contributed by atoms with Gasteiger partial charge in [0.15, 0.2) is 0 Å². The lowest BCUT2D eigenvalue weighted by atomic mass is 10.0. The third-order valence-electron chi connectivity index (χ3n) is 3.01.